The monoisotopic (exact) mass is 230 g/mol. The van der Waals surface area contributed by atoms with Crippen molar-refractivity contribution >= 4 is 5.78 Å². The molecule has 0 fully saturated rings. The van der Waals surface area contributed by atoms with Crippen LogP contribution in [0.1, 0.15) is 29.0 Å². The third kappa shape index (κ3) is 1.78. The van der Waals surface area contributed by atoms with E-state index < -0.39 is 0 Å². The lowest BCUT2D eigenvalue weighted by Crippen LogP contribution is -2.07. The Bertz CT molecular complexity index is 566. The average molecular weight is 230 g/mol. The van der Waals surface area contributed by atoms with E-state index >= 15 is 0 Å². The fourth-order valence-corrected chi connectivity index (χ4v) is 2.15. The van der Waals surface area contributed by atoms with Gasteiger partial charge in [-0.1, -0.05) is 0 Å². The Balaban J connectivity index is 2.05. The molecule has 0 spiro atoms. The zero-order chi connectivity index (χ0) is 11.8. The van der Waals surface area contributed by atoms with Crippen molar-refractivity contribution in [1.82, 2.24) is 0 Å². The van der Waals surface area contributed by atoms with E-state index in [4.69, 9.17) is 4.42 Å². The summed E-state index contributed by atoms with van der Waals surface area (Å²) in [5.41, 5.74) is 1.49. The van der Waals surface area contributed by atoms with E-state index in [-0.39, 0.29) is 11.6 Å². The van der Waals surface area contributed by atoms with Crippen molar-refractivity contribution in [2.45, 2.75) is 19.3 Å². The number of ketones is 1. The summed E-state index contributed by atoms with van der Waals surface area (Å²) in [6.07, 6.45) is 2.25. The molecule has 17 heavy (non-hydrogen) atoms. The molecule has 0 amide bonds. The minimum absolute atomic E-state index is 0.142. The van der Waals surface area contributed by atoms with Gasteiger partial charge in [0.2, 0.25) is 0 Å². The Hall–Kier alpha value is -1.90. The number of benzene rings is 1. The van der Waals surface area contributed by atoms with Crippen molar-refractivity contribution in [1.29, 1.82) is 0 Å². The second kappa shape index (κ2) is 3.84. The molecule has 86 valence electrons. The van der Waals surface area contributed by atoms with Crippen LogP contribution in [0, 0.1) is 5.82 Å². The summed E-state index contributed by atoms with van der Waals surface area (Å²) < 4.78 is 18.5. The third-order valence-electron chi connectivity index (χ3n) is 3.05. The van der Waals surface area contributed by atoms with Crippen molar-refractivity contribution in [3.63, 3.8) is 0 Å². The standard InChI is InChI=1S/C14H11FO2/c15-10-6-4-9(5-7-10)14-8-11-12(16)2-1-3-13(11)17-14/h4-8H,1-3H2. The van der Waals surface area contributed by atoms with Crippen molar-refractivity contribution in [2.24, 2.45) is 0 Å². The van der Waals surface area contributed by atoms with E-state index in [1.807, 2.05) is 0 Å². The molecule has 0 N–H and O–H groups in total. The first-order valence-electron chi connectivity index (χ1n) is 5.66. The number of carbonyl (C=O) groups is 1. The second-order valence-corrected chi connectivity index (χ2v) is 4.23. The van der Waals surface area contributed by atoms with Gasteiger partial charge in [-0.25, -0.2) is 4.39 Å². The molecule has 0 unspecified atom stereocenters. The maximum absolute atomic E-state index is 12.8. The van der Waals surface area contributed by atoms with Crippen LogP contribution in [0.15, 0.2) is 34.7 Å². The van der Waals surface area contributed by atoms with Gasteiger partial charge in [-0.15, -0.1) is 0 Å². The summed E-state index contributed by atoms with van der Waals surface area (Å²) in [6.45, 7) is 0. The maximum Gasteiger partial charge on any atom is 0.166 e. The molecular formula is C14H11FO2. The molecule has 1 aliphatic rings. The lowest BCUT2D eigenvalue weighted by atomic mass is 9.97. The lowest BCUT2D eigenvalue weighted by Gasteiger charge is -2.06. The molecule has 1 heterocycles. The third-order valence-corrected chi connectivity index (χ3v) is 3.05. The van der Waals surface area contributed by atoms with Crippen LogP contribution in [0.25, 0.3) is 11.3 Å². The highest BCUT2D eigenvalue weighted by Crippen LogP contribution is 2.30. The smallest absolute Gasteiger partial charge is 0.166 e. The van der Waals surface area contributed by atoms with Gasteiger partial charge < -0.3 is 4.42 Å². The van der Waals surface area contributed by atoms with Crippen LogP contribution in [0.3, 0.4) is 0 Å². The van der Waals surface area contributed by atoms with Crippen LogP contribution in [-0.4, -0.2) is 5.78 Å². The van der Waals surface area contributed by atoms with Gasteiger partial charge in [-0.05, 0) is 36.8 Å². The predicted octanol–water partition coefficient (Wildman–Crippen LogP) is 3.60. The largest absolute Gasteiger partial charge is 0.460 e. The Morgan fingerprint density at radius 2 is 1.88 bits per heavy atom. The van der Waals surface area contributed by atoms with Crippen molar-refractivity contribution in [3.8, 4) is 11.3 Å². The number of Topliss-reactive ketones (excluding diaryl/α,β-unsaturated/α-hetero) is 1. The highest BCUT2D eigenvalue weighted by molar-refractivity contribution is 5.98. The van der Waals surface area contributed by atoms with Crippen LogP contribution in [-0.2, 0) is 6.42 Å². The number of hydrogen-bond acceptors (Lipinski definition) is 2. The molecule has 0 saturated carbocycles. The maximum atomic E-state index is 12.8. The number of hydrogen-bond donors (Lipinski definition) is 0. The van der Waals surface area contributed by atoms with Gasteiger partial charge in [0.25, 0.3) is 0 Å². The Morgan fingerprint density at radius 3 is 2.59 bits per heavy atom. The van der Waals surface area contributed by atoms with Gasteiger partial charge in [-0.3, -0.25) is 4.79 Å². The minimum atomic E-state index is -0.277. The summed E-state index contributed by atoms with van der Waals surface area (Å²) in [5, 5.41) is 0. The van der Waals surface area contributed by atoms with Crippen LogP contribution in [0.2, 0.25) is 0 Å². The lowest BCUT2D eigenvalue weighted by molar-refractivity contribution is 0.0969. The zero-order valence-corrected chi connectivity index (χ0v) is 9.20. The van der Waals surface area contributed by atoms with Gasteiger partial charge in [0.1, 0.15) is 17.3 Å². The summed E-state index contributed by atoms with van der Waals surface area (Å²) in [4.78, 5) is 11.7. The molecule has 3 heteroatoms. The fourth-order valence-electron chi connectivity index (χ4n) is 2.15. The Labute approximate surface area is 98.1 Å². The highest BCUT2D eigenvalue weighted by Gasteiger charge is 2.22. The van der Waals surface area contributed by atoms with Crippen molar-refractivity contribution in [2.75, 3.05) is 0 Å². The van der Waals surface area contributed by atoms with Gasteiger partial charge >= 0.3 is 0 Å². The predicted molar refractivity (Wildman–Crippen MR) is 61.4 cm³/mol. The molecule has 1 aliphatic carbocycles. The van der Waals surface area contributed by atoms with Crippen LogP contribution < -0.4 is 0 Å². The van der Waals surface area contributed by atoms with Crippen molar-refractivity contribution < 1.29 is 13.6 Å². The number of carbonyl (C=O) groups excluding carboxylic acids is 1. The van der Waals surface area contributed by atoms with Gasteiger partial charge in [0.15, 0.2) is 5.78 Å². The normalized spacial score (nSPS) is 14.8. The Kier molecular flexibility index (Phi) is 2.32. The van der Waals surface area contributed by atoms with Crippen LogP contribution in [0.4, 0.5) is 4.39 Å². The van der Waals surface area contributed by atoms with Gasteiger partial charge in [0, 0.05) is 18.4 Å². The molecular weight excluding hydrogens is 219 g/mol. The fraction of sp³-hybridized carbons (Fsp3) is 0.214. The molecule has 0 bridgehead atoms. The SMILES string of the molecule is O=C1CCCc2oc(-c3ccc(F)cc3)cc21. The first kappa shape index (κ1) is 10.3. The van der Waals surface area contributed by atoms with Crippen molar-refractivity contribution in [3.05, 3.63) is 47.5 Å². The molecule has 1 aromatic carbocycles. The molecule has 2 aromatic rings. The molecule has 0 radical (unpaired) electrons. The van der Waals surface area contributed by atoms with E-state index in [0.717, 1.165) is 24.2 Å². The summed E-state index contributed by atoms with van der Waals surface area (Å²) >= 11 is 0. The van der Waals surface area contributed by atoms with Gasteiger partial charge in [-0.2, -0.15) is 0 Å². The van der Waals surface area contributed by atoms with E-state index in [0.29, 0.717) is 17.7 Å². The average Bonchev–Trinajstić information content (AvgIpc) is 2.75. The van der Waals surface area contributed by atoms with E-state index in [1.165, 1.54) is 12.1 Å². The summed E-state index contributed by atoms with van der Waals surface area (Å²) in [7, 11) is 0. The van der Waals surface area contributed by atoms with E-state index in [9.17, 15) is 9.18 Å². The number of halogens is 1. The van der Waals surface area contributed by atoms with Crippen LogP contribution >= 0.6 is 0 Å². The number of rotatable bonds is 1. The first-order chi connectivity index (χ1) is 8.24. The second-order valence-electron chi connectivity index (χ2n) is 4.23. The quantitative estimate of drug-likeness (QED) is 0.749. The molecule has 1 aromatic heterocycles. The zero-order valence-electron chi connectivity index (χ0n) is 9.20. The number of fused-ring (bicyclic) bond motifs is 1. The highest BCUT2D eigenvalue weighted by atomic mass is 19.1. The molecule has 0 atom stereocenters. The summed E-state index contributed by atoms with van der Waals surface area (Å²) in [5.74, 6) is 1.27. The molecule has 0 saturated heterocycles. The van der Waals surface area contributed by atoms with E-state index in [1.54, 1.807) is 18.2 Å². The van der Waals surface area contributed by atoms with Gasteiger partial charge in [0.05, 0.1) is 5.56 Å². The number of aryl methyl sites for hydroxylation is 1. The minimum Gasteiger partial charge on any atom is -0.460 e. The summed E-state index contributed by atoms with van der Waals surface area (Å²) in [6, 6.07) is 7.86. The van der Waals surface area contributed by atoms with E-state index in [2.05, 4.69) is 0 Å². The molecule has 3 rings (SSSR count). The molecule has 0 aliphatic heterocycles. The van der Waals surface area contributed by atoms with Crippen LogP contribution in [0.5, 0.6) is 0 Å². The topological polar surface area (TPSA) is 30.2 Å². The first-order valence-corrected chi connectivity index (χ1v) is 5.66. The molecule has 2 nitrogen and oxygen atoms in total. The Morgan fingerprint density at radius 1 is 1.12 bits per heavy atom. The number of furan rings is 1.